The molecule has 2 rings (SSSR count). The molecular weight excluding hydrogens is 249 g/mol. The van der Waals surface area contributed by atoms with Crippen molar-refractivity contribution in [2.75, 3.05) is 13.1 Å². The number of aryl methyl sites for hydroxylation is 1. The van der Waals surface area contributed by atoms with Crippen LogP contribution in [0.3, 0.4) is 0 Å². The van der Waals surface area contributed by atoms with Crippen molar-refractivity contribution in [2.45, 2.75) is 19.8 Å². The maximum atomic E-state index is 13.4. The molecule has 19 heavy (non-hydrogen) atoms. The van der Waals surface area contributed by atoms with Gasteiger partial charge in [-0.3, -0.25) is 9.59 Å². The lowest BCUT2D eigenvalue weighted by molar-refractivity contribution is -0.143. The summed E-state index contributed by atoms with van der Waals surface area (Å²) >= 11 is 0. The van der Waals surface area contributed by atoms with Crippen LogP contribution in [0.15, 0.2) is 18.2 Å². The number of rotatable bonds is 2. The number of carbonyl (C=O) groups is 2. The number of nitrogens with zero attached hydrogens (tertiary/aromatic N) is 1. The third-order valence-corrected chi connectivity index (χ3v) is 3.48. The lowest BCUT2D eigenvalue weighted by atomic mass is 9.97. The minimum atomic E-state index is -0.882. The number of benzene rings is 1. The van der Waals surface area contributed by atoms with Crippen molar-refractivity contribution in [3.05, 3.63) is 35.1 Å². The maximum absolute atomic E-state index is 13.4. The van der Waals surface area contributed by atoms with Crippen LogP contribution in [0.1, 0.15) is 28.8 Å². The highest BCUT2D eigenvalue weighted by Crippen LogP contribution is 2.19. The predicted molar refractivity (Wildman–Crippen MR) is 67.4 cm³/mol. The third kappa shape index (κ3) is 2.92. The first-order valence-electron chi connectivity index (χ1n) is 6.27. The van der Waals surface area contributed by atoms with Crippen LogP contribution in [0.5, 0.6) is 0 Å². The third-order valence-electron chi connectivity index (χ3n) is 3.48. The van der Waals surface area contributed by atoms with E-state index in [0.29, 0.717) is 24.9 Å². The number of halogens is 1. The second kappa shape index (κ2) is 5.38. The topological polar surface area (TPSA) is 57.6 Å². The van der Waals surface area contributed by atoms with Gasteiger partial charge >= 0.3 is 5.97 Å². The van der Waals surface area contributed by atoms with E-state index in [1.807, 2.05) is 0 Å². The first kappa shape index (κ1) is 13.5. The monoisotopic (exact) mass is 265 g/mol. The lowest BCUT2D eigenvalue weighted by Gasteiger charge is -2.30. The van der Waals surface area contributed by atoms with Crippen molar-refractivity contribution in [3.63, 3.8) is 0 Å². The molecule has 0 unspecified atom stereocenters. The normalized spacial score (nSPS) is 19.3. The molecular formula is C14H16FNO3. The number of aliphatic carboxylic acids is 1. The molecule has 5 heteroatoms. The molecule has 0 saturated carbocycles. The highest BCUT2D eigenvalue weighted by molar-refractivity contribution is 5.94. The minimum Gasteiger partial charge on any atom is -0.481 e. The van der Waals surface area contributed by atoms with Crippen LogP contribution in [0.2, 0.25) is 0 Å². The summed E-state index contributed by atoms with van der Waals surface area (Å²) in [5, 5.41) is 8.99. The Kier molecular flexibility index (Phi) is 3.83. The molecule has 1 fully saturated rings. The standard InChI is InChI=1S/C14H16FNO3/c1-9-4-5-10(7-12(9)15)13(17)16-6-2-3-11(8-16)14(18)19/h4-5,7,11H,2-3,6,8H2,1H3,(H,18,19)/t11-/m0/s1. The van der Waals surface area contributed by atoms with E-state index in [-0.39, 0.29) is 18.0 Å². The van der Waals surface area contributed by atoms with Gasteiger partial charge in [0.05, 0.1) is 5.92 Å². The van der Waals surface area contributed by atoms with E-state index in [2.05, 4.69) is 0 Å². The SMILES string of the molecule is Cc1ccc(C(=O)N2CCC[C@H](C(=O)O)C2)cc1F. The molecule has 4 nitrogen and oxygen atoms in total. The molecule has 1 amide bonds. The van der Waals surface area contributed by atoms with Gasteiger partial charge in [0.2, 0.25) is 0 Å². The summed E-state index contributed by atoms with van der Waals surface area (Å²) in [5.74, 6) is -2.12. The van der Waals surface area contributed by atoms with E-state index >= 15 is 0 Å². The van der Waals surface area contributed by atoms with Gasteiger partial charge in [0.15, 0.2) is 0 Å². The fraction of sp³-hybridized carbons (Fsp3) is 0.429. The van der Waals surface area contributed by atoms with E-state index in [9.17, 15) is 14.0 Å². The van der Waals surface area contributed by atoms with E-state index in [1.165, 1.54) is 11.0 Å². The van der Waals surface area contributed by atoms with Crippen molar-refractivity contribution in [1.29, 1.82) is 0 Å². The summed E-state index contributed by atoms with van der Waals surface area (Å²) in [6, 6.07) is 4.34. The van der Waals surface area contributed by atoms with Crippen molar-refractivity contribution in [2.24, 2.45) is 5.92 Å². The number of carboxylic acid groups (broad SMARTS) is 1. The van der Waals surface area contributed by atoms with Gasteiger partial charge in [-0.05, 0) is 37.5 Å². The van der Waals surface area contributed by atoms with Crippen molar-refractivity contribution in [3.8, 4) is 0 Å². The van der Waals surface area contributed by atoms with E-state index in [4.69, 9.17) is 5.11 Å². The van der Waals surface area contributed by atoms with Crippen molar-refractivity contribution >= 4 is 11.9 Å². The molecule has 1 N–H and O–H groups in total. The smallest absolute Gasteiger partial charge is 0.308 e. The van der Waals surface area contributed by atoms with Gasteiger partial charge in [-0.2, -0.15) is 0 Å². The van der Waals surface area contributed by atoms with Gasteiger partial charge in [-0.25, -0.2) is 4.39 Å². The van der Waals surface area contributed by atoms with Gasteiger partial charge in [0, 0.05) is 18.7 Å². The van der Waals surface area contributed by atoms with Crippen LogP contribution in [-0.2, 0) is 4.79 Å². The Balaban J connectivity index is 2.14. The summed E-state index contributed by atoms with van der Waals surface area (Å²) < 4.78 is 13.4. The fourth-order valence-electron chi connectivity index (χ4n) is 2.27. The van der Waals surface area contributed by atoms with Gasteiger partial charge in [0.25, 0.3) is 5.91 Å². The Morgan fingerprint density at radius 3 is 2.79 bits per heavy atom. The molecule has 0 aromatic heterocycles. The maximum Gasteiger partial charge on any atom is 0.308 e. The molecule has 1 aliphatic heterocycles. The molecule has 0 radical (unpaired) electrons. The van der Waals surface area contributed by atoms with E-state index in [1.54, 1.807) is 19.1 Å². The summed E-state index contributed by atoms with van der Waals surface area (Å²) in [6.45, 7) is 2.35. The van der Waals surface area contributed by atoms with Crippen molar-refractivity contribution < 1.29 is 19.1 Å². The van der Waals surface area contributed by atoms with E-state index < -0.39 is 17.7 Å². The number of carboxylic acids is 1. The highest BCUT2D eigenvalue weighted by Gasteiger charge is 2.28. The lowest BCUT2D eigenvalue weighted by Crippen LogP contribution is -2.42. The Bertz CT molecular complexity index is 515. The molecule has 1 aromatic carbocycles. The summed E-state index contributed by atoms with van der Waals surface area (Å²) in [5.41, 5.74) is 0.757. The minimum absolute atomic E-state index is 0.198. The summed E-state index contributed by atoms with van der Waals surface area (Å²) in [6.07, 6.45) is 1.25. The Morgan fingerprint density at radius 2 is 2.16 bits per heavy atom. The van der Waals surface area contributed by atoms with Gasteiger partial charge < -0.3 is 10.0 Å². The van der Waals surface area contributed by atoms with Crippen LogP contribution in [0, 0.1) is 18.7 Å². The van der Waals surface area contributed by atoms with E-state index in [0.717, 1.165) is 0 Å². The Morgan fingerprint density at radius 1 is 1.42 bits per heavy atom. The number of hydrogen-bond acceptors (Lipinski definition) is 2. The largest absolute Gasteiger partial charge is 0.481 e. The molecule has 0 spiro atoms. The number of hydrogen-bond donors (Lipinski definition) is 1. The summed E-state index contributed by atoms with van der Waals surface area (Å²) in [7, 11) is 0. The Hall–Kier alpha value is -1.91. The quantitative estimate of drug-likeness (QED) is 0.890. The first-order valence-corrected chi connectivity index (χ1v) is 6.27. The van der Waals surface area contributed by atoms with Gasteiger partial charge in [-0.15, -0.1) is 0 Å². The van der Waals surface area contributed by atoms with Gasteiger partial charge in [-0.1, -0.05) is 6.07 Å². The average Bonchev–Trinajstić information content (AvgIpc) is 2.41. The molecule has 102 valence electrons. The zero-order valence-electron chi connectivity index (χ0n) is 10.7. The first-order chi connectivity index (χ1) is 8.99. The summed E-state index contributed by atoms with van der Waals surface area (Å²) in [4.78, 5) is 24.7. The number of amides is 1. The zero-order chi connectivity index (χ0) is 14.0. The highest BCUT2D eigenvalue weighted by atomic mass is 19.1. The van der Waals surface area contributed by atoms with Crippen LogP contribution >= 0.6 is 0 Å². The number of piperidine rings is 1. The fourth-order valence-corrected chi connectivity index (χ4v) is 2.27. The van der Waals surface area contributed by atoms with Crippen molar-refractivity contribution in [1.82, 2.24) is 4.90 Å². The average molecular weight is 265 g/mol. The van der Waals surface area contributed by atoms with Crippen LogP contribution < -0.4 is 0 Å². The van der Waals surface area contributed by atoms with Crippen LogP contribution in [0.4, 0.5) is 4.39 Å². The molecule has 1 aliphatic rings. The zero-order valence-corrected chi connectivity index (χ0v) is 10.7. The number of likely N-dealkylation sites (tertiary alicyclic amines) is 1. The molecule has 1 aromatic rings. The molecule has 1 saturated heterocycles. The molecule has 1 atom stereocenters. The second-order valence-corrected chi connectivity index (χ2v) is 4.89. The molecule has 0 aliphatic carbocycles. The van der Waals surface area contributed by atoms with Crippen LogP contribution in [0.25, 0.3) is 0 Å². The number of carbonyl (C=O) groups excluding carboxylic acids is 1. The van der Waals surface area contributed by atoms with Gasteiger partial charge in [0.1, 0.15) is 5.82 Å². The second-order valence-electron chi connectivity index (χ2n) is 4.89. The molecule has 0 bridgehead atoms. The predicted octanol–water partition coefficient (Wildman–Crippen LogP) is 2.07. The Labute approximate surface area is 110 Å². The van der Waals surface area contributed by atoms with Crippen LogP contribution in [-0.4, -0.2) is 35.0 Å². The molecule has 1 heterocycles.